The predicted molar refractivity (Wildman–Crippen MR) is 117 cm³/mol. The number of nitrogens with one attached hydrogen (secondary N) is 2. The second kappa shape index (κ2) is 10.5. The molecule has 2 aromatic rings. The number of sulfonamides is 1. The first kappa shape index (κ1) is 23.8. The molecule has 0 bridgehead atoms. The van der Waals surface area contributed by atoms with E-state index in [2.05, 4.69) is 10.6 Å². The Morgan fingerprint density at radius 2 is 1.70 bits per heavy atom. The van der Waals surface area contributed by atoms with Gasteiger partial charge in [0, 0.05) is 17.3 Å². The van der Waals surface area contributed by atoms with Gasteiger partial charge in [-0.3, -0.25) is 14.5 Å². The zero-order chi connectivity index (χ0) is 22.3. The number of amides is 2. The van der Waals surface area contributed by atoms with Gasteiger partial charge in [-0.25, -0.2) is 13.6 Å². The van der Waals surface area contributed by atoms with Gasteiger partial charge in [0.05, 0.1) is 18.0 Å². The quantitative estimate of drug-likeness (QED) is 0.536. The number of nitrogens with two attached hydrogens (primary N) is 1. The average molecular weight is 453 g/mol. The minimum absolute atomic E-state index is 0.00990. The fraction of sp³-hybridized carbons (Fsp3) is 0.300. The van der Waals surface area contributed by atoms with E-state index in [1.807, 2.05) is 19.9 Å². The van der Waals surface area contributed by atoms with Gasteiger partial charge in [-0.15, -0.1) is 0 Å². The maximum atomic E-state index is 12.3. The summed E-state index contributed by atoms with van der Waals surface area (Å²) in [4.78, 5) is 26.3. The van der Waals surface area contributed by atoms with Crippen molar-refractivity contribution in [3.63, 3.8) is 0 Å². The molecular formula is C20H25ClN4O4S. The van der Waals surface area contributed by atoms with Gasteiger partial charge in [-0.2, -0.15) is 0 Å². The number of rotatable bonds is 9. The Bertz CT molecular complexity index is 1010. The number of carbonyl (C=O) groups excluding carboxylic acids is 2. The second-order valence-electron chi connectivity index (χ2n) is 6.78. The molecule has 0 spiro atoms. The first-order chi connectivity index (χ1) is 14.1. The summed E-state index contributed by atoms with van der Waals surface area (Å²) in [5, 5.41) is 11.1. The lowest BCUT2D eigenvalue weighted by atomic mass is 10.2. The normalized spacial score (nSPS) is 11.4. The molecule has 0 aromatic heterocycles. The van der Waals surface area contributed by atoms with Crippen molar-refractivity contribution in [3.05, 3.63) is 58.6 Å². The highest BCUT2D eigenvalue weighted by Crippen LogP contribution is 2.20. The molecule has 8 nitrogen and oxygen atoms in total. The van der Waals surface area contributed by atoms with Crippen molar-refractivity contribution < 1.29 is 18.0 Å². The number of nitrogens with zero attached hydrogens (tertiary/aromatic N) is 1. The summed E-state index contributed by atoms with van der Waals surface area (Å²) in [5.41, 5.74) is 2.26. The summed E-state index contributed by atoms with van der Waals surface area (Å²) in [6.45, 7) is 4.57. The summed E-state index contributed by atoms with van der Waals surface area (Å²) in [6, 6.07) is 11.2. The summed E-state index contributed by atoms with van der Waals surface area (Å²) in [7, 11) is -3.75. The van der Waals surface area contributed by atoms with E-state index in [0.29, 0.717) is 17.3 Å². The summed E-state index contributed by atoms with van der Waals surface area (Å²) >= 11 is 5.97. The van der Waals surface area contributed by atoms with Crippen molar-refractivity contribution >= 4 is 39.1 Å². The van der Waals surface area contributed by atoms with Crippen LogP contribution in [0.5, 0.6) is 0 Å². The molecule has 30 heavy (non-hydrogen) atoms. The van der Waals surface area contributed by atoms with Crippen LogP contribution in [-0.4, -0.2) is 44.8 Å². The Morgan fingerprint density at radius 3 is 2.30 bits per heavy atom. The zero-order valence-electron chi connectivity index (χ0n) is 16.8. The van der Waals surface area contributed by atoms with Gasteiger partial charge in [0.1, 0.15) is 0 Å². The first-order valence-corrected chi connectivity index (χ1v) is 11.2. The van der Waals surface area contributed by atoms with Crippen LogP contribution in [0.25, 0.3) is 0 Å². The smallest absolute Gasteiger partial charge is 0.238 e. The van der Waals surface area contributed by atoms with Crippen LogP contribution in [0.2, 0.25) is 5.02 Å². The molecular weight excluding hydrogens is 428 g/mol. The second-order valence-corrected chi connectivity index (χ2v) is 8.77. The third-order valence-corrected chi connectivity index (χ3v) is 5.56. The molecule has 0 saturated heterocycles. The molecule has 0 aliphatic heterocycles. The van der Waals surface area contributed by atoms with Gasteiger partial charge in [0.15, 0.2) is 0 Å². The number of aryl methyl sites for hydroxylation is 1. The summed E-state index contributed by atoms with van der Waals surface area (Å²) in [5.74, 6) is -0.493. The van der Waals surface area contributed by atoms with Crippen LogP contribution in [0.3, 0.4) is 0 Å². The van der Waals surface area contributed by atoms with Gasteiger partial charge < -0.3 is 10.6 Å². The molecule has 4 N–H and O–H groups in total. The third kappa shape index (κ3) is 7.42. The van der Waals surface area contributed by atoms with Gasteiger partial charge >= 0.3 is 0 Å². The van der Waals surface area contributed by atoms with E-state index >= 15 is 0 Å². The fourth-order valence-corrected chi connectivity index (χ4v) is 3.35. The predicted octanol–water partition coefficient (Wildman–Crippen LogP) is 1.87. The van der Waals surface area contributed by atoms with Crippen LogP contribution >= 0.6 is 11.6 Å². The van der Waals surface area contributed by atoms with Crippen molar-refractivity contribution in [2.75, 3.05) is 25.0 Å². The van der Waals surface area contributed by atoms with Crippen LogP contribution in [0.15, 0.2) is 47.4 Å². The Hall–Kier alpha value is -2.46. The molecule has 2 aromatic carbocycles. The highest BCUT2D eigenvalue weighted by molar-refractivity contribution is 7.89. The molecule has 0 aliphatic carbocycles. The van der Waals surface area contributed by atoms with Crippen LogP contribution in [0.1, 0.15) is 18.1 Å². The van der Waals surface area contributed by atoms with E-state index < -0.39 is 10.0 Å². The number of carbonyl (C=O) groups is 2. The molecule has 0 fully saturated rings. The Kier molecular flexibility index (Phi) is 8.36. The van der Waals surface area contributed by atoms with E-state index in [1.54, 1.807) is 29.2 Å². The molecule has 0 saturated carbocycles. The Morgan fingerprint density at radius 1 is 1.07 bits per heavy atom. The average Bonchev–Trinajstić information content (AvgIpc) is 2.68. The van der Waals surface area contributed by atoms with Crippen molar-refractivity contribution in [3.8, 4) is 0 Å². The zero-order valence-corrected chi connectivity index (χ0v) is 18.4. The molecule has 0 atom stereocenters. The van der Waals surface area contributed by atoms with Gasteiger partial charge in [-0.1, -0.05) is 36.7 Å². The van der Waals surface area contributed by atoms with E-state index in [0.717, 1.165) is 11.1 Å². The van der Waals surface area contributed by atoms with Crippen LogP contribution in [-0.2, 0) is 26.2 Å². The van der Waals surface area contributed by atoms with Gasteiger partial charge in [0.2, 0.25) is 21.8 Å². The Labute approximate surface area is 181 Å². The molecule has 2 rings (SSSR count). The number of benzene rings is 2. The Balaban J connectivity index is 1.85. The summed E-state index contributed by atoms with van der Waals surface area (Å²) in [6.07, 6.45) is 0. The molecule has 2 amide bonds. The van der Waals surface area contributed by atoms with Gasteiger partial charge in [-0.05, 0) is 48.9 Å². The third-order valence-electron chi connectivity index (χ3n) is 4.40. The monoisotopic (exact) mass is 452 g/mol. The van der Waals surface area contributed by atoms with Crippen molar-refractivity contribution in [1.29, 1.82) is 0 Å². The first-order valence-electron chi connectivity index (χ1n) is 9.25. The fourth-order valence-electron chi connectivity index (χ4n) is 2.66. The standard InChI is InChI=1S/C20H25ClN4O4S/c1-3-25(13-20(27)24-18-10-16(21)7-4-14(18)2)12-19(26)23-11-15-5-8-17(9-6-15)30(22,28)29/h4-10H,3,11-13H2,1-2H3,(H,23,26)(H,24,27)(H2,22,28,29). The van der Waals surface area contributed by atoms with E-state index in [1.165, 1.54) is 12.1 Å². The molecule has 162 valence electrons. The number of hydrogen-bond acceptors (Lipinski definition) is 5. The topological polar surface area (TPSA) is 122 Å². The van der Waals surface area contributed by atoms with Crippen molar-refractivity contribution in [2.24, 2.45) is 5.14 Å². The highest BCUT2D eigenvalue weighted by Gasteiger charge is 2.14. The minimum atomic E-state index is -3.75. The molecule has 10 heteroatoms. The molecule has 0 heterocycles. The summed E-state index contributed by atoms with van der Waals surface area (Å²) < 4.78 is 22.5. The lowest BCUT2D eigenvalue weighted by Gasteiger charge is -2.20. The van der Waals surface area contributed by atoms with E-state index in [-0.39, 0.29) is 36.3 Å². The number of halogens is 1. The lowest BCUT2D eigenvalue weighted by Crippen LogP contribution is -2.40. The molecule has 0 radical (unpaired) electrons. The van der Waals surface area contributed by atoms with Crippen LogP contribution in [0.4, 0.5) is 5.69 Å². The SMILES string of the molecule is CCN(CC(=O)NCc1ccc(S(N)(=O)=O)cc1)CC(=O)Nc1cc(Cl)ccc1C. The number of likely N-dealkylation sites (N-methyl/N-ethyl adjacent to an activating group) is 1. The van der Waals surface area contributed by atoms with Crippen molar-refractivity contribution in [1.82, 2.24) is 10.2 Å². The van der Waals surface area contributed by atoms with E-state index in [9.17, 15) is 18.0 Å². The van der Waals surface area contributed by atoms with Crippen molar-refractivity contribution in [2.45, 2.75) is 25.3 Å². The largest absolute Gasteiger partial charge is 0.351 e. The van der Waals surface area contributed by atoms with E-state index in [4.69, 9.17) is 16.7 Å². The molecule has 0 unspecified atom stereocenters. The lowest BCUT2D eigenvalue weighted by molar-refractivity contribution is -0.123. The number of hydrogen-bond donors (Lipinski definition) is 3. The maximum Gasteiger partial charge on any atom is 0.238 e. The number of anilines is 1. The van der Waals surface area contributed by atoms with Gasteiger partial charge in [0.25, 0.3) is 0 Å². The highest BCUT2D eigenvalue weighted by atomic mass is 35.5. The van der Waals surface area contributed by atoms with Crippen LogP contribution in [0, 0.1) is 6.92 Å². The maximum absolute atomic E-state index is 12.3. The van der Waals surface area contributed by atoms with Crippen LogP contribution < -0.4 is 15.8 Å². The minimum Gasteiger partial charge on any atom is -0.351 e. The number of primary sulfonamides is 1. The molecule has 0 aliphatic rings.